The highest BCUT2D eigenvalue weighted by Gasteiger charge is 2.40. The van der Waals surface area contributed by atoms with E-state index in [1.165, 1.54) is 29.3 Å². The molecule has 1 saturated carbocycles. The summed E-state index contributed by atoms with van der Waals surface area (Å²) in [6, 6.07) is 5.72. The summed E-state index contributed by atoms with van der Waals surface area (Å²) in [4.78, 5) is 27.3. The number of anilines is 1. The maximum Gasteiger partial charge on any atom is 0.293 e. The maximum absolute atomic E-state index is 12.7. The van der Waals surface area contributed by atoms with E-state index in [1.54, 1.807) is 17.4 Å². The van der Waals surface area contributed by atoms with Gasteiger partial charge in [0.05, 0.1) is 11.5 Å². The third-order valence-corrected chi connectivity index (χ3v) is 6.61. The Hall–Kier alpha value is -2.25. The monoisotopic (exact) mass is 385 g/mol. The lowest BCUT2D eigenvalue weighted by molar-refractivity contribution is -0.384. The molecule has 0 bridgehead atoms. The largest absolute Gasteiger partial charge is 0.319 e. The normalized spacial score (nSPS) is 19.6. The lowest BCUT2D eigenvalue weighted by Gasteiger charge is -2.35. The number of carbonyl (C=O) groups excluding carboxylic acids is 1. The number of nitrogens with one attached hydrogen (secondary N) is 1. The lowest BCUT2D eigenvalue weighted by Crippen LogP contribution is -2.41. The van der Waals surface area contributed by atoms with E-state index in [2.05, 4.69) is 21.7 Å². The standard InChI is InChI=1S/C20H23N3O3S/c1-12-9-16(17(23(25)26)10-13(12)2)21-19(24)11-22-7-5-18-15(6-8-27-18)20(22)14-3-4-14/h6,8-10,14,20H,3-5,7,11H2,1-2H3,(H,21,24)/t20-/m0/s1. The molecule has 1 aliphatic carbocycles. The lowest BCUT2D eigenvalue weighted by atomic mass is 9.96. The van der Waals surface area contributed by atoms with Gasteiger partial charge in [0.1, 0.15) is 5.69 Å². The molecule has 1 fully saturated rings. The van der Waals surface area contributed by atoms with Gasteiger partial charge < -0.3 is 5.32 Å². The minimum Gasteiger partial charge on any atom is -0.319 e. The van der Waals surface area contributed by atoms with E-state index in [0.29, 0.717) is 12.0 Å². The number of rotatable bonds is 5. The number of carbonyl (C=O) groups is 1. The topological polar surface area (TPSA) is 75.5 Å². The number of nitrogens with zero attached hydrogens (tertiary/aromatic N) is 2. The van der Waals surface area contributed by atoms with Gasteiger partial charge in [-0.25, -0.2) is 0 Å². The van der Waals surface area contributed by atoms with Crippen molar-refractivity contribution in [3.63, 3.8) is 0 Å². The predicted molar refractivity (Wildman–Crippen MR) is 106 cm³/mol. The van der Waals surface area contributed by atoms with Gasteiger partial charge in [0.2, 0.25) is 5.91 Å². The SMILES string of the molecule is Cc1cc(NC(=O)CN2CCc3sccc3[C@@H]2C2CC2)c([N+](=O)[O-])cc1C. The van der Waals surface area contributed by atoms with Crippen molar-refractivity contribution in [2.24, 2.45) is 5.92 Å². The summed E-state index contributed by atoms with van der Waals surface area (Å²) in [7, 11) is 0. The molecule has 1 atom stereocenters. The van der Waals surface area contributed by atoms with Gasteiger partial charge in [-0.2, -0.15) is 0 Å². The van der Waals surface area contributed by atoms with Crippen LogP contribution in [0.15, 0.2) is 23.6 Å². The number of benzene rings is 1. The fourth-order valence-electron chi connectivity index (χ4n) is 3.97. The fraction of sp³-hybridized carbons (Fsp3) is 0.450. The second-order valence-electron chi connectivity index (χ2n) is 7.56. The number of hydrogen-bond acceptors (Lipinski definition) is 5. The van der Waals surface area contributed by atoms with Crippen LogP contribution in [-0.4, -0.2) is 28.8 Å². The first-order valence-corrected chi connectivity index (χ1v) is 10.2. The van der Waals surface area contributed by atoms with Gasteiger partial charge >= 0.3 is 0 Å². The van der Waals surface area contributed by atoms with Gasteiger partial charge in [0.25, 0.3) is 5.69 Å². The zero-order valence-corrected chi connectivity index (χ0v) is 16.3. The highest BCUT2D eigenvalue weighted by atomic mass is 32.1. The highest BCUT2D eigenvalue weighted by molar-refractivity contribution is 7.10. The van der Waals surface area contributed by atoms with Crippen LogP contribution in [0.4, 0.5) is 11.4 Å². The number of hydrogen-bond donors (Lipinski definition) is 1. The molecule has 1 aromatic carbocycles. The van der Waals surface area contributed by atoms with E-state index >= 15 is 0 Å². The van der Waals surface area contributed by atoms with Gasteiger partial charge in [0.15, 0.2) is 0 Å². The summed E-state index contributed by atoms with van der Waals surface area (Å²) < 4.78 is 0. The van der Waals surface area contributed by atoms with Crippen molar-refractivity contribution in [2.45, 2.75) is 39.2 Å². The summed E-state index contributed by atoms with van der Waals surface area (Å²) in [5, 5.41) is 16.3. The van der Waals surface area contributed by atoms with Gasteiger partial charge in [-0.3, -0.25) is 19.8 Å². The molecule has 1 N–H and O–H groups in total. The zero-order chi connectivity index (χ0) is 19.1. The van der Waals surface area contributed by atoms with Crippen LogP contribution in [0.5, 0.6) is 0 Å². The molecule has 27 heavy (non-hydrogen) atoms. The molecular weight excluding hydrogens is 362 g/mol. The van der Waals surface area contributed by atoms with Crippen molar-refractivity contribution >= 4 is 28.6 Å². The molecule has 0 spiro atoms. The van der Waals surface area contributed by atoms with Crippen LogP contribution in [0.3, 0.4) is 0 Å². The zero-order valence-electron chi connectivity index (χ0n) is 15.5. The molecule has 2 aliphatic rings. The van der Waals surface area contributed by atoms with Gasteiger partial charge in [-0.05, 0) is 73.2 Å². The van der Waals surface area contributed by atoms with Crippen LogP contribution >= 0.6 is 11.3 Å². The second-order valence-corrected chi connectivity index (χ2v) is 8.56. The van der Waals surface area contributed by atoms with Crippen LogP contribution in [-0.2, 0) is 11.2 Å². The average Bonchev–Trinajstić information content (AvgIpc) is 3.33. The molecule has 0 radical (unpaired) electrons. The van der Waals surface area contributed by atoms with Crippen molar-refractivity contribution in [3.05, 3.63) is 55.3 Å². The molecule has 0 unspecified atom stereocenters. The first kappa shape index (κ1) is 18.1. The van der Waals surface area contributed by atoms with Crippen molar-refractivity contribution in [1.82, 2.24) is 4.90 Å². The Balaban J connectivity index is 1.52. The Kier molecular flexibility index (Phi) is 4.74. The molecule has 1 aromatic heterocycles. The van der Waals surface area contributed by atoms with Gasteiger partial charge in [0, 0.05) is 23.5 Å². The van der Waals surface area contributed by atoms with Crippen molar-refractivity contribution in [1.29, 1.82) is 0 Å². The third-order valence-electron chi connectivity index (χ3n) is 5.62. The molecule has 7 heteroatoms. The van der Waals surface area contributed by atoms with E-state index < -0.39 is 4.92 Å². The molecular formula is C20H23N3O3S. The number of nitro groups is 1. The number of fused-ring (bicyclic) bond motifs is 1. The predicted octanol–water partition coefficient (Wildman–Crippen LogP) is 4.22. The first-order valence-electron chi connectivity index (χ1n) is 9.30. The van der Waals surface area contributed by atoms with E-state index in [4.69, 9.17) is 0 Å². The average molecular weight is 385 g/mol. The van der Waals surface area contributed by atoms with Crippen LogP contribution in [0, 0.1) is 29.9 Å². The number of thiophene rings is 1. The number of aryl methyl sites for hydroxylation is 2. The number of amides is 1. The first-order chi connectivity index (χ1) is 12.9. The van der Waals surface area contributed by atoms with Crippen LogP contribution < -0.4 is 5.32 Å². The van der Waals surface area contributed by atoms with Crippen LogP contribution in [0.1, 0.15) is 40.5 Å². The van der Waals surface area contributed by atoms with Crippen LogP contribution in [0.2, 0.25) is 0 Å². The molecule has 6 nitrogen and oxygen atoms in total. The number of nitro benzene ring substituents is 1. The quantitative estimate of drug-likeness (QED) is 0.618. The Labute approximate surface area is 162 Å². The minimum absolute atomic E-state index is 0.0519. The Morgan fingerprint density at radius 2 is 2.07 bits per heavy atom. The highest BCUT2D eigenvalue weighted by Crippen LogP contribution is 2.48. The van der Waals surface area contributed by atoms with Crippen molar-refractivity contribution in [2.75, 3.05) is 18.4 Å². The van der Waals surface area contributed by atoms with Crippen LogP contribution in [0.25, 0.3) is 0 Å². The van der Waals surface area contributed by atoms with Crippen molar-refractivity contribution in [3.8, 4) is 0 Å². The maximum atomic E-state index is 12.7. The molecule has 4 rings (SSSR count). The summed E-state index contributed by atoms with van der Waals surface area (Å²) in [5.41, 5.74) is 3.37. The summed E-state index contributed by atoms with van der Waals surface area (Å²) >= 11 is 1.80. The smallest absolute Gasteiger partial charge is 0.293 e. The van der Waals surface area contributed by atoms with E-state index in [0.717, 1.165) is 24.1 Å². The summed E-state index contributed by atoms with van der Waals surface area (Å²) in [6.45, 7) is 4.85. The molecule has 2 heterocycles. The van der Waals surface area contributed by atoms with Crippen molar-refractivity contribution < 1.29 is 9.72 Å². The van der Waals surface area contributed by atoms with E-state index in [9.17, 15) is 14.9 Å². The molecule has 1 aliphatic heterocycles. The van der Waals surface area contributed by atoms with Gasteiger partial charge in [-0.15, -0.1) is 11.3 Å². The summed E-state index contributed by atoms with van der Waals surface area (Å²) in [5.74, 6) is 0.438. The van der Waals surface area contributed by atoms with E-state index in [-0.39, 0.29) is 23.8 Å². The second kappa shape index (κ2) is 7.05. The molecule has 1 amide bonds. The Morgan fingerprint density at radius 3 is 2.78 bits per heavy atom. The fourth-order valence-corrected chi connectivity index (χ4v) is 4.88. The van der Waals surface area contributed by atoms with E-state index in [1.807, 2.05) is 13.8 Å². The summed E-state index contributed by atoms with van der Waals surface area (Å²) in [6.07, 6.45) is 3.38. The Morgan fingerprint density at radius 1 is 1.33 bits per heavy atom. The molecule has 142 valence electrons. The van der Waals surface area contributed by atoms with Gasteiger partial charge in [-0.1, -0.05) is 0 Å². The Bertz CT molecular complexity index is 904. The minimum atomic E-state index is -0.437. The third kappa shape index (κ3) is 3.61. The molecule has 2 aromatic rings. The molecule has 0 saturated heterocycles.